The van der Waals surface area contributed by atoms with Crippen LogP contribution in [0.25, 0.3) is 0 Å². The lowest BCUT2D eigenvalue weighted by Gasteiger charge is -2.21. The van der Waals surface area contributed by atoms with Gasteiger partial charge in [-0.3, -0.25) is 0 Å². The van der Waals surface area contributed by atoms with Gasteiger partial charge in [-0.05, 0) is 42.2 Å². The number of alkyl halides is 3. The fourth-order valence-electron chi connectivity index (χ4n) is 4.58. The van der Waals surface area contributed by atoms with Gasteiger partial charge < -0.3 is 9.64 Å². The van der Waals surface area contributed by atoms with Crippen molar-refractivity contribution in [2.75, 3.05) is 25.1 Å². The molecule has 9 heteroatoms. The Kier molecular flexibility index (Phi) is 4.92. The number of anilines is 1. The molecule has 1 unspecified atom stereocenters. The highest BCUT2D eigenvalue weighted by Gasteiger charge is 2.44. The summed E-state index contributed by atoms with van der Waals surface area (Å²) < 4.78 is 58.3. The zero-order valence-corrected chi connectivity index (χ0v) is 15.6. The molecule has 1 aromatic carbocycles. The van der Waals surface area contributed by atoms with E-state index in [0.29, 0.717) is 31.5 Å². The van der Waals surface area contributed by atoms with Crippen molar-refractivity contribution in [1.82, 2.24) is 9.97 Å². The number of carbonyl (C=O) groups excluding carboxylic acids is 1. The van der Waals surface area contributed by atoms with E-state index in [1.54, 1.807) is 12.1 Å². The Bertz CT molecular complexity index is 920. The van der Waals surface area contributed by atoms with Crippen LogP contribution in [0.4, 0.5) is 23.5 Å². The molecule has 0 radical (unpaired) electrons. The molecule has 2 aromatic rings. The maximum absolute atomic E-state index is 13.8. The molecule has 0 N–H and O–H groups in total. The first-order chi connectivity index (χ1) is 13.8. The predicted octanol–water partition coefficient (Wildman–Crippen LogP) is 4.05. The van der Waals surface area contributed by atoms with E-state index in [2.05, 4.69) is 14.7 Å². The third-order valence-electron chi connectivity index (χ3n) is 5.85. The summed E-state index contributed by atoms with van der Waals surface area (Å²) >= 11 is 0. The average Bonchev–Trinajstić information content (AvgIpc) is 3.26. The Morgan fingerprint density at radius 1 is 1.17 bits per heavy atom. The van der Waals surface area contributed by atoms with Crippen molar-refractivity contribution in [1.29, 1.82) is 0 Å². The van der Waals surface area contributed by atoms with Gasteiger partial charge in [0.2, 0.25) is 5.95 Å². The first-order valence-electron chi connectivity index (χ1n) is 9.30. The third kappa shape index (κ3) is 3.65. The molecular weight excluding hydrogens is 390 g/mol. The minimum Gasteiger partial charge on any atom is -0.464 e. The number of methoxy groups -OCH3 is 1. The highest BCUT2D eigenvalue weighted by Crippen LogP contribution is 2.49. The van der Waals surface area contributed by atoms with E-state index in [4.69, 9.17) is 0 Å². The summed E-state index contributed by atoms with van der Waals surface area (Å²) in [4.78, 5) is 21.5. The number of nitrogens with zero attached hydrogens (tertiary/aromatic N) is 3. The minimum atomic E-state index is -4.37. The van der Waals surface area contributed by atoms with E-state index < -0.39 is 29.2 Å². The molecule has 4 rings (SSSR count). The second kappa shape index (κ2) is 7.27. The maximum Gasteiger partial charge on any atom is 0.416 e. The zero-order chi connectivity index (χ0) is 20.8. The highest BCUT2D eigenvalue weighted by atomic mass is 19.4. The van der Waals surface area contributed by atoms with Crippen LogP contribution in [0.5, 0.6) is 0 Å². The Hall–Kier alpha value is -2.71. The maximum atomic E-state index is 13.8. The van der Waals surface area contributed by atoms with Crippen LogP contribution < -0.4 is 4.90 Å². The normalized spacial score (nSPS) is 23.9. The minimum absolute atomic E-state index is 0.148. The molecule has 0 amide bonds. The molecule has 5 nitrogen and oxygen atoms in total. The van der Waals surface area contributed by atoms with E-state index in [9.17, 15) is 22.4 Å². The van der Waals surface area contributed by atoms with Gasteiger partial charge in [-0.15, -0.1) is 0 Å². The molecule has 2 fully saturated rings. The van der Waals surface area contributed by atoms with Gasteiger partial charge in [0.05, 0.1) is 18.9 Å². The number of hydrogen-bond donors (Lipinski definition) is 0. The summed E-state index contributed by atoms with van der Waals surface area (Å²) in [6.45, 7) is 1.11. The molecule has 29 heavy (non-hydrogen) atoms. The first-order valence-corrected chi connectivity index (χ1v) is 9.30. The van der Waals surface area contributed by atoms with Gasteiger partial charge in [-0.2, -0.15) is 13.2 Å². The van der Waals surface area contributed by atoms with Crippen LogP contribution in [-0.4, -0.2) is 36.1 Å². The van der Waals surface area contributed by atoms with Gasteiger partial charge >= 0.3 is 12.1 Å². The van der Waals surface area contributed by atoms with Gasteiger partial charge in [0.1, 0.15) is 0 Å². The second-order valence-corrected chi connectivity index (χ2v) is 7.54. The van der Waals surface area contributed by atoms with Gasteiger partial charge in [0, 0.05) is 13.1 Å². The summed E-state index contributed by atoms with van der Waals surface area (Å²) in [5.74, 6) is -1.27. The molecule has 2 aliphatic rings. The van der Waals surface area contributed by atoms with Crippen LogP contribution in [0, 0.1) is 17.7 Å². The quantitative estimate of drug-likeness (QED) is 0.566. The average molecular weight is 409 g/mol. The number of fused-ring (bicyclic) bond motifs is 1. The third-order valence-corrected chi connectivity index (χ3v) is 5.85. The van der Waals surface area contributed by atoms with Gasteiger partial charge in [0.15, 0.2) is 11.5 Å². The molecule has 0 spiro atoms. The monoisotopic (exact) mass is 409 g/mol. The Balaban J connectivity index is 1.50. The van der Waals surface area contributed by atoms with E-state index >= 15 is 0 Å². The summed E-state index contributed by atoms with van der Waals surface area (Å²) in [7, 11) is 1.14. The summed E-state index contributed by atoms with van der Waals surface area (Å²) in [5.41, 5.74) is -0.634. The van der Waals surface area contributed by atoms with Crippen LogP contribution in [0.15, 0.2) is 30.5 Å². The fourth-order valence-corrected chi connectivity index (χ4v) is 4.58. The van der Waals surface area contributed by atoms with Crippen molar-refractivity contribution in [2.24, 2.45) is 11.8 Å². The summed E-state index contributed by atoms with van der Waals surface area (Å²) in [5, 5.41) is 0. The number of ether oxygens (including phenoxy) is 1. The van der Waals surface area contributed by atoms with E-state index in [-0.39, 0.29) is 23.7 Å². The molecule has 2 heterocycles. The number of aromatic nitrogens is 2. The van der Waals surface area contributed by atoms with Crippen LogP contribution in [0.2, 0.25) is 0 Å². The molecule has 1 saturated carbocycles. The highest BCUT2D eigenvalue weighted by molar-refractivity contribution is 5.87. The SMILES string of the molecule is COC(=O)c1nc(N2C[C@H]3CC(c4ccccc4C(F)(F)F)C[C@H]3C2)ncc1F. The largest absolute Gasteiger partial charge is 0.464 e. The van der Waals surface area contributed by atoms with Crippen molar-refractivity contribution in [3.05, 3.63) is 53.1 Å². The lowest BCUT2D eigenvalue weighted by Crippen LogP contribution is -2.25. The lowest BCUT2D eigenvalue weighted by atomic mass is 9.91. The van der Waals surface area contributed by atoms with Crippen molar-refractivity contribution in [2.45, 2.75) is 24.9 Å². The van der Waals surface area contributed by atoms with E-state index in [0.717, 1.165) is 19.4 Å². The fraction of sp³-hybridized carbons (Fsp3) is 0.450. The number of benzene rings is 1. The molecule has 1 aliphatic heterocycles. The summed E-state index contributed by atoms with van der Waals surface area (Å²) in [6, 6.07) is 5.76. The topological polar surface area (TPSA) is 55.3 Å². The predicted molar refractivity (Wildman–Crippen MR) is 95.9 cm³/mol. The van der Waals surface area contributed by atoms with Crippen molar-refractivity contribution < 1.29 is 27.1 Å². The van der Waals surface area contributed by atoms with Gasteiger partial charge in [0.25, 0.3) is 0 Å². The molecule has 3 atom stereocenters. The molecule has 1 aliphatic carbocycles. The molecule has 1 saturated heterocycles. The molecule has 154 valence electrons. The van der Waals surface area contributed by atoms with Crippen LogP contribution in [-0.2, 0) is 10.9 Å². The van der Waals surface area contributed by atoms with Crippen LogP contribution >= 0.6 is 0 Å². The Labute approximate surface area is 164 Å². The summed E-state index contributed by atoms with van der Waals surface area (Å²) in [6.07, 6.45) is -2.16. The number of halogens is 4. The number of carbonyl (C=O) groups is 1. The zero-order valence-electron chi connectivity index (χ0n) is 15.6. The van der Waals surface area contributed by atoms with Gasteiger partial charge in [-0.25, -0.2) is 19.2 Å². The molecular formula is C20H19F4N3O2. The number of rotatable bonds is 3. The van der Waals surface area contributed by atoms with Gasteiger partial charge in [-0.1, -0.05) is 18.2 Å². The first kappa shape index (κ1) is 19.6. The Morgan fingerprint density at radius 3 is 2.45 bits per heavy atom. The van der Waals surface area contributed by atoms with E-state index in [1.165, 1.54) is 6.07 Å². The smallest absolute Gasteiger partial charge is 0.416 e. The van der Waals surface area contributed by atoms with Crippen LogP contribution in [0.1, 0.15) is 40.4 Å². The van der Waals surface area contributed by atoms with Crippen LogP contribution in [0.3, 0.4) is 0 Å². The molecule has 0 bridgehead atoms. The second-order valence-electron chi connectivity index (χ2n) is 7.54. The van der Waals surface area contributed by atoms with Crippen molar-refractivity contribution in [3.63, 3.8) is 0 Å². The molecule has 1 aromatic heterocycles. The lowest BCUT2D eigenvalue weighted by molar-refractivity contribution is -0.138. The Morgan fingerprint density at radius 2 is 1.83 bits per heavy atom. The number of esters is 1. The standard InChI is InChI=1S/C20H19F4N3O2/c1-29-18(28)17-16(21)8-25-19(26-17)27-9-12-6-11(7-13(12)10-27)14-4-2-3-5-15(14)20(22,23)24/h2-5,8,11-13H,6-7,9-10H2,1H3/t11?,12-,13+. The van der Waals surface area contributed by atoms with E-state index in [1.807, 2.05) is 4.90 Å². The van der Waals surface area contributed by atoms with Crippen molar-refractivity contribution >= 4 is 11.9 Å². The van der Waals surface area contributed by atoms with Crippen molar-refractivity contribution in [3.8, 4) is 0 Å². The number of hydrogen-bond acceptors (Lipinski definition) is 5.